The van der Waals surface area contributed by atoms with Gasteiger partial charge in [-0.05, 0) is 29.7 Å². The number of nitrogens with zero attached hydrogens (tertiary/aromatic N) is 2. The van der Waals surface area contributed by atoms with E-state index in [1.807, 2.05) is 0 Å². The van der Waals surface area contributed by atoms with Crippen LogP contribution in [0.15, 0.2) is 70.5 Å². The highest BCUT2D eigenvalue weighted by Gasteiger charge is 2.26. The van der Waals surface area contributed by atoms with Crippen LogP contribution in [0.25, 0.3) is 0 Å². The summed E-state index contributed by atoms with van der Waals surface area (Å²) in [6.07, 6.45) is 3.01. The third-order valence-electron chi connectivity index (χ3n) is 6.14. The average molecular weight is 598 g/mol. The van der Waals surface area contributed by atoms with Crippen molar-refractivity contribution < 1.29 is 19.6 Å². The van der Waals surface area contributed by atoms with Crippen molar-refractivity contribution in [2.24, 2.45) is 0 Å². The van der Waals surface area contributed by atoms with E-state index in [-0.39, 0.29) is 51.3 Å². The largest absolute Gasteiger partial charge is 0.480 e. The molecule has 0 aliphatic rings. The predicted octanol–water partition coefficient (Wildman–Crippen LogP) is 3.91. The Morgan fingerprint density at radius 1 is 0.902 bits per heavy atom. The highest BCUT2D eigenvalue weighted by molar-refractivity contribution is 6.39. The smallest absolute Gasteiger partial charge is 0.326 e. The number of anilines is 3. The minimum Gasteiger partial charge on any atom is -0.480 e. The minimum atomic E-state index is -1.25. The fourth-order valence-corrected chi connectivity index (χ4v) is 4.39. The second kappa shape index (κ2) is 12.6. The van der Waals surface area contributed by atoms with Crippen LogP contribution in [0.3, 0.4) is 0 Å². The van der Waals surface area contributed by atoms with Crippen LogP contribution < -0.4 is 26.8 Å². The van der Waals surface area contributed by atoms with Crippen molar-refractivity contribution in [3.05, 3.63) is 118 Å². The second-order valence-electron chi connectivity index (χ2n) is 8.88. The van der Waals surface area contributed by atoms with Gasteiger partial charge in [-0.2, -0.15) is 0 Å². The molecule has 4 N–H and O–H groups in total. The molecule has 0 saturated heterocycles. The number of aliphatic carboxylic acids is 1. The molecule has 3 aromatic carbocycles. The summed E-state index contributed by atoms with van der Waals surface area (Å²) in [5, 5.41) is 28.9. The fourth-order valence-electron chi connectivity index (χ4n) is 3.93. The maximum atomic E-state index is 12.6. The summed E-state index contributed by atoms with van der Waals surface area (Å²) in [5.74, 6) is -1.74. The number of hydrogen-bond acceptors (Lipinski definition) is 9. The number of pyridine rings is 1. The molecule has 0 radical (unpaired) electrons. The van der Waals surface area contributed by atoms with Gasteiger partial charge in [-0.3, -0.25) is 29.5 Å². The molecule has 1 atom stereocenters. The maximum absolute atomic E-state index is 12.6. The van der Waals surface area contributed by atoms with Crippen LogP contribution in [0.4, 0.5) is 22.7 Å². The Morgan fingerprint density at radius 3 is 2.07 bits per heavy atom. The summed E-state index contributed by atoms with van der Waals surface area (Å²) in [5.41, 5.74) is -0.0293. The number of rotatable bonds is 12. The molecule has 0 saturated carbocycles. The summed E-state index contributed by atoms with van der Waals surface area (Å²) in [4.78, 5) is 63.0. The van der Waals surface area contributed by atoms with Crippen molar-refractivity contribution >= 4 is 57.8 Å². The van der Waals surface area contributed by atoms with E-state index >= 15 is 0 Å². The highest BCUT2D eigenvalue weighted by Crippen LogP contribution is 2.29. The lowest BCUT2D eigenvalue weighted by Crippen LogP contribution is -2.42. The molecule has 1 aromatic heterocycles. The molecule has 1 amide bonds. The number of nitrogens with one attached hydrogen (secondary N) is 3. The highest BCUT2D eigenvalue weighted by atomic mass is 35.5. The van der Waals surface area contributed by atoms with Gasteiger partial charge in [-0.25, -0.2) is 4.79 Å². The number of non-ortho nitro benzene ring substituents is 1. The molecule has 4 aromatic rings. The van der Waals surface area contributed by atoms with E-state index in [1.165, 1.54) is 36.7 Å². The molecule has 0 fully saturated rings. The first-order valence-electron chi connectivity index (χ1n) is 12.0. The Labute approximate surface area is 241 Å². The van der Waals surface area contributed by atoms with E-state index in [9.17, 15) is 34.4 Å². The molecule has 0 spiro atoms. The molecule has 210 valence electrons. The first-order valence-corrected chi connectivity index (χ1v) is 12.8. The maximum Gasteiger partial charge on any atom is 0.326 e. The summed E-state index contributed by atoms with van der Waals surface area (Å²) in [6, 6.07) is 10.8. The minimum absolute atomic E-state index is 0.0244. The number of amides is 1. The zero-order valence-corrected chi connectivity index (χ0v) is 22.5. The summed E-state index contributed by atoms with van der Waals surface area (Å²) in [6.45, 7) is 0.231. The number of carboxylic acids is 1. The third-order valence-corrected chi connectivity index (χ3v) is 6.71. The molecule has 14 heteroatoms. The van der Waals surface area contributed by atoms with Crippen molar-refractivity contribution in [3.8, 4) is 0 Å². The zero-order valence-electron chi connectivity index (χ0n) is 21.0. The number of carbonyl (C=O) groups is 2. The van der Waals surface area contributed by atoms with E-state index in [0.29, 0.717) is 12.0 Å². The SMILES string of the molecule is O=C(Nc1c(Cl)cncc1Cl)c1ccc(C[C@H](Nc2c(NCCc3ccc([N+](=O)[O-])cc3)c(=O)c2=O)C(=O)O)cc1. The Morgan fingerprint density at radius 2 is 1.49 bits per heavy atom. The standard InChI is InChI=1S/C27H21Cl2N5O7/c28-18-12-30-13-19(29)21(18)33-26(37)16-5-1-15(2-6-16)11-20(27(38)39)32-23-22(24(35)25(23)36)31-10-9-14-3-7-17(8-4-14)34(40)41/h1-8,12-13,20,31-32H,9-11H2,(H,38,39)(H,30,33,37)/t20-/m0/s1. The number of nitro benzene ring substituents is 1. The number of carbonyl (C=O) groups excluding carboxylic acids is 1. The molecule has 0 aliphatic heterocycles. The first kappa shape index (κ1) is 29.2. The Balaban J connectivity index is 1.38. The molecular weight excluding hydrogens is 577 g/mol. The summed E-state index contributed by atoms with van der Waals surface area (Å²) in [7, 11) is 0. The van der Waals surface area contributed by atoms with Crippen LogP contribution >= 0.6 is 23.2 Å². The van der Waals surface area contributed by atoms with E-state index < -0.39 is 33.7 Å². The molecule has 41 heavy (non-hydrogen) atoms. The van der Waals surface area contributed by atoms with Gasteiger partial charge in [0.2, 0.25) is 0 Å². The lowest BCUT2D eigenvalue weighted by molar-refractivity contribution is -0.384. The quantitative estimate of drug-likeness (QED) is 0.106. The molecule has 1 heterocycles. The van der Waals surface area contributed by atoms with Gasteiger partial charge in [0.1, 0.15) is 17.4 Å². The van der Waals surface area contributed by atoms with Crippen LogP contribution in [0.5, 0.6) is 0 Å². The molecular formula is C27H21Cl2N5O7. The topological polar surface area (TPSA) is 181 Å². The van der Waals surface area contributed by atoms with Gasteiger partial charge >= 0.3 is 5.97 Å². The van der Waals surface area contributed by atoms with Gasteiger partial charge in [-0.1, -0.05) is 47.5 Å². The first-order chi connectivity index (χ1) is 19.5. The van der Waals surface area contributed by atoms with Gasteiger partial charge in [0, 0.05) is 43.1 Å². The molecule has 0 bridgehead atoms. The van der Waals surface area contributed by atoms with Gasteiger partial charge in [0.25, 0.3) is 22.5 Å². The summed E-state index contributed by atoms with van der Waals surface area (Å²) < 4.78 is 0. The van der Waals surface area contributed by atoms with Crippen molar-refractivity contribution in [2.45, 2.75) is 18.9 Å². The normalized spacial score (nSPS) is 11.6. The van der Waals surface area contributed by atoms with Gasteiger partial charge in [-0.15, -0.1) is 0 Å². The Hall–Kier alpha value is -4.81. The predicted molar refractivity (Wildman–Crippen MR) is 154 cm³/mol. The lowest BCUT2D eigenvalue weighted by Gasteiger charge is -2.20. The Kier molecular flexibility index (Phi) is 8.95. The van der Waals surface area contributed by atoms with Crippen molar-refractivity contribution in [1.29, 1.82) is 0 Å². The van der Waals surface area contributed by atoms with Gasteiger partial charge in [0.05, 0.1) is 20.7 Å². The van der Waals surface area contributed by atoms with Crippen LogP contribution in [0.2, 0.25) is 10.0 Å². The fraction of sp³-hybridized carbons (Fsp3) is 0.148. The van der Waals surface area contributed by atoms with Crippen LogP contribution in [0, 0.1) is 10.1 Å². The van der Waals surface area contributed by atoms with Crippen LogP contribution in [-0.2, 0) is 17.6 Å². The van der Waals surface area contributed by atoms with Gasteiger partial charge in [0.15, 0.2) is 0 Å². The summed E-state index contributed by atoms with van der Waals surface area (Å²) >= 11 is 12.1. The van der Waals surface area contributed by atoms with E-state index in [1.54, 1.807) is 24.3 Å². The van der Waals surface area contributed by atoms with Crippen molar-refractivity contribution in [2.75, 3.05) is 22.5 Å². The van der Waals surface area contributed by atoms with Crippen LogP contribution in [-0.4, -0.2) is 39.5 Å². The number of halogens is 2. The second-order valence-corrected chi connectivity index (χ2v) is 9.69. The van der Waals surface area contributed by atoms with Crippen LogP contribution in [0.1, 0.15) is 21.5 Å². The average Bonchev–Trinajstić information content (AvgIpc) is 2.95. The van der Waals surface area contributed by atoms with Crippen molar-refractivity contribution in [3.63, 3.8) is 0 Å². The molecule has 0 unspecified atom stereocenters. The zero-order chi connectivity index (χ0) is 29.7. The monoisotopic (exact) mass is 597 g/mol. The Bertz CT molecular complexity index is 1660. The van der Waals surface area contributed by atoms with E-state index in [2.05, 4.69) is 20.9 Å². The third kappa shape index (κ3) is 6.86. The molecule has 0 aliphatic carbocycles. The van der Waals surface area contributed by atoms with Gasteiger partial charge < -0.3 is 21.1 Å². The van der Waals surface area contributed by atoms with Crippen molar-refractivity contribution in [1.82, 2.24) is 4.98 Å². The number of nitro groups is 1. The number of hydrogen-bond donors (Lipinski definition) is 4. The molecule has 4 rings (SSSR count). The number of aromatic nitrogens is 1. The van der Waals surface area contributed by atoms with E-state index in [4.69, 9.17) is 23.2 Å². The number of benzene rings is 2. The number of carboxylic acid groups (broad SMARTS) is 1. The molecule has 12 nitrogen and oxygen atoms in total. The van der Waals surface area contributed by atoms with E-state index in [0.717, 1.165) is 5.56 Å². The lowest BCUT2D eigenvalue weighted by atomic mass is 10.0.